The van der Waals surface area contributed by atoms with Crippen LogP contribution in [0.25, 0.3) is 5.69 Å². The lowest BCUT2D eigenvalue weighted by atomic mass is 9.98. The number of carbonyl (C=O) groups excluding carboxylic acids is 2. The highest BCUT2D eigenvalue weighted by Crippen LogP contribution is 2.20. The Morgan fingerprint density at radius 3 is 2.54 bits per heavy atom. The molecule has 1 aliphatic rings. The van der Waals surface area contributed by atoms with Crippen LogP contribution in [0.2, 0.25) is 0 Å². The van der Waals surface area contributed by atoms with Gasteiger partial charge >= 0.3 is 0 Å². The summed E-state index contributed by atoms with van der Waals surface area (Å²) in [4.78, 5) is 26.7. The smallest absolute Gasteiger partial charge is 0.251 e. The maximum Gasteiger partial charge on any atom is 0.251 e. The Morgan fingerprint density at radius 2 is 1.82 bits per heavy atom. The first-order valence-electron chi connectivity index (χ1n) is 9.44. The minimum absolute atomic E-state index is 0.0811. The highest BCUT2D eigenvalue weighted by molar-refractivity contribution is 5.98. The van der Waals surface area contributed by atoms with Crippen molar-refractivity contribution in [1.82, 2.24) is 20.3 Å². The van der Waals surface area contributed by atoms with Crippen LogP contribution in [0.4, 0.5) is 0 Å². The molecular formula is C22H22N4O2. The summed E-state index contributed by atoms with van der Waals surface area (Å²) in [5, 5.41) is 11.7. The number of benzene rings is 2. The molecule has 0 bridgehead atoms. The Hall–Kier alpha value is -3.28. The van der Waals surface area contributed by atoms with Crippen LogP contribution in [0, 0.1) is 13.8 Å². The van der Waals surface area contributed by atoms with E-state index in [9.17, 15) is 9.59 Å². The van der Waals surface area contributed by atoms with Crippen molar-refractivity contribution in [2.45, 2.75) is 39.2 Å². The lowest BCUT2D eigenvalue weighted by molar-refractivity contribution is 0.0947. The largest absolute Gasteiger partial charge is 0.349 e. The van der Waals surface area contributed by atoms with Gasteiger partial charge in [0.1, 0.15) is 0 Å². The average Bonchev–Trinajstić information content (AvgIpc) is 3.42. The van der Waals surface area contributed by atoms with Crippen LogP contribution < -0.4 is 5.32 Å². The van der Waals surface area contributed by atoms with Gasteiger partial charge < -0.3 is 5.32 Å². The van der Waals surface area contributed by atoms with Gasteiger partial charge in [0.15, 0.2) is 11.5 Å². The van der Waals surface area contributed by atoms with Crippen LogP contribution in [0.5, 0.6) is 0 Å². The molecule has 1 amide bonds. The lowest BCUT2D eigenvalue weighted by Crippen LogP contribution is -2.25. The summed E-state index contributed by atoms with van der Waals surface area (Å²) in [6.07, 6.45) is 2.27. The van der Waals surface area contributed by atoms with Crippen molar-refractivity contribution >= 4 is 11.7 Å². The predicted octanol–water partition coefficient (Wildman–Crippen LogP) is 3.20. The first-order valence-corrected chi connectivity index (χ1v) is 9.44. The number of amides is 1. The first-order chi connectivity index (χ1) is 13.5. The van der Waals surface area contributed by atoms with Crippen LogP contribution in [0.15, 0.2) is 48.5 Å². The molecule has 3 aromatic rings. The van der Waals surface area contributed by atoms with Gasteiger partial charge in [-0.1, -0.05) is 24.3 Å². The van der Waals surface area contributed by atoms with Gasteiger partial charge in [-0.05, 0) is 62.1 Å². The zero-order valence-electron chi connectivity index (χ0n) is 16.0. The van der Waals surface area contributed by atoms with Crippen molar-refractivity contribution in [3.05, 3.63) is 76.6 Å². The van der Waals surface area contributed by atoms with E-state index < -0.39 is 0 Å². The van der Waals surface area contributed by atoms with E-state index in [1.165, 1.54) is 4.80 Å². The third-order valence-corrected chi connectivity index (χ3v) is 4.91. The molecule has 1 saturated carbocycles. The molecule has 0 spiro atoms. The van der Waals surface area contributed by atoms with Crippen molar-refractivity contribution in [3.63, 3.8) is 0 Å². The second-order valence-corrected chi connectivity index (χ2v) is 7.25. The van der Waals surface area contributed by atoms with Crippen molar-refractivity contribution in [2.75, 3.05) is 0 Å². The third-order valence-electron chi connectivity index (χ3n) is 4.91. The Bertz CT molecular complexity index is 1040. The van der Waals surface area contributed by atoms with Gasteiger partial charge in [0.05, 0.1) is 11.4 Å². The molecule has 28 heavy (non-hydrogen) atoms. The molecule has 1 heterocycles. The third kappa shape index (κ3) is 3.86. The molecule has 0 saturated heterocycles. The minimum atomic E-state index is -0.109. The Kier molecular flexibility index (Phi) is 4.77. The molecule has 1 fully saturated rings. The number of ketones is 1. The molecule has 0 aliphatic heterocycles. The van der Waals surface area contributed by atoms with Crippen LogP contribution in [0.1, 0.15) is 50.5 Å². The average molecular weight is 374 g/mol. The summed E-state index contributed by atoms with van der Waals surface area (Å²) in [6.45, 7) is 3.73. The standard InChI is InChI=1S/C22H22N4O2/c1-14-8-9-16(22(28)23-18-10-11-18)12-17(14)13-20(27)21-15(2)24-26(25-21)19-6-4-3-5-7-19/h3-9,12,18H,10-11,13H2,1-2H3,(H,23,28). The zero-order valence-corrected chi connectivity index (χ0v) is 16.0. The van der Waals surface area contributed by atoms with Crippen LogP contribution in [-0.2, 0) is 6.42 Å². The van der Waals surface area contributed by atoms with Crippen LogP contribution >= 0.6 is 0 Å². The van der Waals surface area contributed by atoms with E-state index in [0.29, 0.717) is 23.0 Å². The summed E-state index contributed by atoms with van der Waals surface area (Å²) < 4.78 is 0. The van der Waals surface area contributed by atoms with E-state index in [-0.39, 0.29) is 18.1 Å². The molecule has 1 aromatic heterocycles. The van der Waals surface area contributed by atoms with Gasteiger partial charge in [0, 0.05) is 18.0 Å². The first kappa shape index (κ1) is 18.1. The van der Waals surface area contributed by atoms with Crippen molar-refractivity contribution in [3.8, 4) is 5.69 Å². The second kappa shape index (κ2) is 7.38. The van der Waals surface area contributed by atoms with Gasteiger partial charge in [-0.15, -0.1) is 5.10 Å². The van der Waals surface area contributed by atoms with Crippen molar-refractivity contribution in [2.24, 2.45) is 0 Å². The Morgan fingerprint density at radius 1 is 1.07 bits per heavy atom. The predicted molar refractivity (Wildman–Crippen MR) is 106 cm³/mol. The van der Waals surface area contributed by atoms with Gasteiger partial charge in [-0.2, -0.15) is 9.90 Å². The number of rotatable bonds is 6. The van der Waals surface area contributed by atoms with E-state index in [1.54, 1.807) is 13.0 Å². The number of nitrogens with one attached hydrogen (secondary N) is 1. The Balaban J connectivity index is 1.55. The van der Waals surface area contributed by atoms with Crippen molar-refractivity contribution in [1.29, 1.82) is 0 Å². The maximum atomic E-state index is 12.9. The Labute approximate surface area is 163 Å². The monoisotopic (exact) mass is 374 g/mol. The van der Waals surface area contributed by atoms with Gasteiger partial charge in [0.25, 0.3) is 5.91 Å². The normalized spacial score (nSPS) is 13.4. The summed E-state index contributed by atoms with van der Waals surface area (Å²) in [5.41, 5.74) is 4.15. The van der Waals surface area contributed by atoms with E-state index in [4.69, 9.17) is 0 Å². The van der Waals surface area contributed by atoms with Gasteiger partial charge in [0.2, 0.25) is 0 Å². The number of carbonyl (C=O) groups is 2. The fraction of sp³-hybridized carbons (Fsp3) is 0.273. The maximum absolute atomic E-state index is 12.9. The number of nitrogens with zero attached hydrogens (tertiary/aromatic N) is 3. The minimum Gasteiger partial charge on any atom is -0.349 e. The molecule has 4 rings (SSSR count). The molecule has 142 valence electrons. The SMILES string of the molecule is Cc1ccc(C(=O)NC2CC2)cc1CC(=O)c1nn(-c2ccccc2)nc1C. The number of hydrogen-bond donors (Lipinski definition) is 1. The number of Topliss-reactive ketones (excluding diaryl/α,β-unsaturated/α-hetero) is 1. The summed E-state index contributed by atoms with van der Waals surface area (Å²) in [6, 6.07) is 15.3. The number of aryl methyl sites for hydroxylation is 2. The number of hydrogen-bond acceptors (Lipinski definition) is 4. The molecule has 6 nitrogen and oxygen atoms in total. The van der Waals surface area contributed by atoms with E-state index in [2.05, 4.69) is 15.5 Å². The topological polar surface area (TPSA) is 76.9 Å². The molecule has 6 heteroatoms. The second-order valence-electron chi connectivity index (χ2n) is 7.25. The van der Waals surface area contributed by atoms with E-state index in [1.807, 2.05) is 49.4 Å². The molecule has 2 aromatic carbocycles. The molecule has 0 radical (unpaired) electrons. The highest BCUT2D eigenvalue weighted by atomic mass is 16.1. The zero-order chi connectivity index (χ0) is 19.7. The van der Waals surface area contributed by atoms with E-state index in [0.717, 1.165) is 29.7 Å². The molecular weight excluding hydrogens is 352 g/mol. The fourth-order valence-corrected chi connectivity index (χ4v) is 3.07. The fourth-order valence-electron chi connectivity index (χ4n) is 3.07. The quantitative estimate of drug-likeness (QED) is 0.672. The lowest BCUT2D eigenvalue weighted by Gasteiger charge is -2.08. The summed E-state index contributed by atoms with van der Waals surface area (Å²) >= 11 is 0. The number of para-hydroxylation sites is 1. The van der Waals surface area contributed by atoms with Crippen molar-refractivity contribution < 1.29 is 9.59 Å². The molecule has 1 aliphatic carbocycles. The van der Waals surface area contributed by atoms with E-state index >= 15 is 0 Å². The number of aromatic nitrogens is 3. The molecule has 0 atom stereocenters. The highest BCUT2D eigenvalue weighted by Gasteiger charge is 2.24. The van der Waals surface area contributed by atoms with Crippen LogP contribution in [-0.4, -0.2) is 32.7 Å². The summed E-state index contributed by atoms with van der Waals surface area (Å²) in [7, 11) is 0. The van der Waals surface area contributed by atoms with Gasteiger partial charge in [-0.3, -0.25) is 9.59 Å². The summed E-state index contributed by atoms with van der Waals surface area (Å²) in [5.74, 6) is -0.190. The van der Waals surface area contributed by atoms with Gasteiger partial charge in [-0.25, -0.2) is 0 Å². The van der Waals surface area contributed by atoms with Crippen LogP contribution in [0.3, 0.4) is 0 Å². The molecule has 0 unspecified atom stereocenters. The molecule has 1 N–H and O–H groups in total.